The van der Waals surface area contributed by atoms with Gasteiger partial charge in [-0.3, -0.25) is 0 Å². The highest BCUT2D eigenvalue weighted by molar-refractivity contribution is 7.71. The Morgan fingerprint density at radius 3 is 2.79 bits per heavy atom. The van der Waals surface area contributed by atoms with Gasteiger partial charge >= 0.3 is 0 Å². The lowest BCUT2D eigenvalue weighted by Crippen LogP contribution is -1.80. The molecule has 1 aromatic heterocycles. The quantitative estimate of drug-likeness (QED) is 0.729. The number of hydrogen-bond donors (Lipinski definition) is 1. The van der Waals surface area contributed by atoms with Crippen LogP contribution in [-0.4, -0.2) is 4.98 Å². The molecule has 4 heteroatoms. The maximum Gasteiger partial charge on any atom is 0.266 e. The van der Waals surface area contributed by atoms with Gasteiger partial charge in [0.25, 0.3) is 4.84 Å². The first-order valence-corrected chi connectivity index (χ1v) is 4.53. The Kier molecular flexibility index (Phi) is 2.21. The number of halogens is 1. The van der Waals surface area contributed by atoms with Crippen molar-refractivity contribution < 1.29 is 8.81 Å². The molecule has 0 radical (unpaired) electrons. The first-order valence-electron chi connectivity index (χ1n) is 4.12. The molecule has 0 spiro atoms. The Morgan fingerprint density at radius 1 is 1.43 bits per heavy atom. The topological polar surface area (TPSA) is 28.9 Å². The van der Waals surface area contributed by atoms with Gasteiger partial charge in [-0.1, -0.05) is 12.1 Å². The zero-order valence-corrected chi connectivity index (χ0v) is 8.32. The fourth-order valence-electron chi connectivity index (χ4n) is 1.31. The zero-order chi connectivity index (χ0) is 10.1. The minimum atomic E-state index is -0.288. The molecule has 2 aromatic rings. The monoisotopic (exact) mass is 209 g/mol. The zero-order valence-electron chi connectivity index (χ0n) is 7.50. The second-order valence-electron chi connectivity index (χ2n) is 2.98. The molecule has 0 fully saturated rings. The molecule has 0 saturated heterocycles. The van der Waals surface area contributed by atoms with Gasteiger partial charge in [-0.2, -0.15) is 0 Å². The van der Waals surface area contributed by atoms with E-state index in [-0.39, 0.29) is 5.82 Å². The van der Waals surface area contributed by atoms with Crippen molar-refractivity contribution in [1.29, 1.82) is 0 Å². The van der Waals surface area contributed by atoms with Gasteiger partial charge in [0, 0.05) is 5.56 Å². The largest absolute Gasteiger partial charge is 0.429 e. The van der Waals surface area contributed by atoms with Gasteiger partial charge in [0.05, 0.1) is 5.69 Å². The minimum absolute atomic E-state index is 0.288. The molecule has 0 saturated carbocycles. The fourth-order valence-corrected chi connectivity index (χ4v) is 1.55. The highest BCUT2D eigenvalue weighted by Gasteiger charge is 2.07. The van der Waals surface area contributed by atoms with Crippen molar-refractivity contribution in [3.05, 3.63) is 40.6 Å². The van der Waals surface area contributed by atoms with Gasteiger partial charge in [-0.05, 0) is 31.3 Å². The number of H-pyrrole nitrogens is 1. The first-order chi connectivity index (χ1) is 6.66. The number of hydrogen-bond acceptors (Lipinski definition) is 2. The number of rotatable bonds is 1. The third kappa shape index (κ3) is 1.61. The van der Waals surface area contributed by atoms with Crippen LogP contribution < -0.4 is 0 Å². The molecule has 0 aliphatic rings. The number of aromatic nitrogens is 1. The molecule has 0 unspecified atom stereocenters. The summed E-state index contributed by atoms with van der Waals surface area (Å²) in [5.41, 5.74) is 1.50. The van der Waals surface area contributed by atoms with Crippen molar-refractivity contribution in [2.45, 2.75) is 6.92 Å². The maximum atomic E-state index is 12.9. The van der Waals surface area contributed by atoms with Crippen LogP contribution in [0.1, 0.15) is 5.69 Å². The molecule has 0 aliphatic heterocycles. The third-order valence-electron chi connectivity index (χ3n) is 1.91. The van der Waals surface area contributed by atoms with Crippen LogP contribution >= 0.6 is 12.2 Å². The molecule has 2 rings (SSSR count). The second kappa shape index (κ2) is 3.38. The molecule has 0 atom stereocenters. The Labute approximate surface area is 85.4 Å². The SMILES string of the molecule is Cc1[nH]c(=S)oc1-c1cccc(F)c1. The van der Waals surface area contributed by atoms with E-state index in [1.54, 1.807) is 12.1 Å². The summed E-state index contributed by atoms with van der Waals surface area (Å²) in [7, 11) is 0. The molecule has 0 aliphatic carbocycles. The summed E-state index contributed by atoms with van der Waals surface area (Å²) in [6, 6.07) is 6.21. The summed E-state index contributed by atoms with van der Waals surface area (Å²) >= 11 is 4.84. The van der Waals surface area contributed by atoms with E-state index in [1.165, 1.54) is 12.1 Å². The average molecular weight is 209 g/mol. The van der Waals surface area contributed by atoms with Crippen molar-refractivity contribution >= 4 is 12.2 Å². The molecule has 1 N–H and O–H groups in total. The van der Waals surface area contributed by atoms with Crippen LogP contribution in [0.15, 0.2) is 28.7 Å². The van der Waals surface area contributed by atoms with Crippen molar-refractivity contribution in [2.75, 3.05) is 0 Å². The van der Waals surface area contributed by atoms with Gasteiger partial charge in [0.15, 0.2) is 5.76 Å². The molecule has 1 heterocycles. The van der Waals surface area contributed by atoms with E-state index in [0.29, 0.717) is 16.2 Å². The standard InChI is InChI=1S/C10H8FNOS/c1-6-9(13-10(14)12-6)7-3-2-4-8(11)5-7/h2-5H,1H3,(H,12,14). The van der Waals surface area contributed by atoms with E-state index in [0.717, 1.165) is 5.69 Å². The highest BCUT2D eigenvalue weighted by Crippen LogP contribution is 2.23. The first kappa shape index (κ1) is 9.15. The molecular formula is C10H8FNOS. The van der Waals surface area contributed by atoms with E-state index >= 15 is 0 Å². The third-order valence-corrected chi connectivity index (χ3v) is 2.10. The Morgan fingerprint density at radius 2 is 2.21 bits per heavy atom. The number of oxazole rings is 1. The summed E-state index contributed by atoms with van der Waals surface area (Å²) in [6.07, 6.45) is 0. The van der Waals surface area contributed by atoms with Gasteiger partial charge in [-0.25, -0.2) is 4.39 Å². The average Bonchev–Trinajstić information content (AvgIpc) is 2.45. The van der Waals surface area contributed by atoms with Gasteiger partial charge < -0.3 is 9.40 Å². The fraction of sp³-hybridized carbons (Fsp3) is 0.100. The number of aromatic amines is 1. The van der Waals surface area contributed by atoms with E-state index < -0.39 is 0 Å². The molecule has 0 amide bonds. The van der Waals surface area contributed by atoms with E-state index in [9.17, 15) is 4.39 Å². The van der Waals surface area contributed by atoms with Crippen LogP contribution in [0.5, 0.6) is 0 Å². The van der Waals surface area contributed by atoms with Crippen LogP contribution in [0.25, 0.3) is 11.3 Å². The van der Waals surface area contributed by atoms with Crippen molar-refractivity contribution in [3.63, 3.8) is 0 Å². The molecule has 14 heavy (non-hydrogen) atoms. The summed E-state index contributed by atoms with van der Waals surface area (Å²) in [5.74, 6) is 0.304. The van der Waals surface area contributed by atoms with Gasteiger partial charge in [-0.15, -0.1) is 0 Å². The van der Waals surface area contributed by atoms with Crippen molar-refractivity contribution in [1.82, 2.24) is 4.98 Å². The summed E-state index contributed by atoms with van der Waals surface area (Å²) in [6.45, 7) is 1.83. The number of aryl methyl sites for hydroxylation is 1. The summed E-state index contributed by atoms with van der Waals surface area (Å²) in [4.78, 5) is 3.16. The lowest BCUT2D eigenvalue weighted by Gasteiger charge is -1.96. The van der Waals surface area contributed by atoms with Crippen LogP contribution in [0.4, 0.5) is 4.39 Å². The lowest BCUT2D eigenvalue weighted by molar-refractivity contribution is 0.553. The molecule has 2 nitrogen and oxygen atoms in total. The maximum absolute atomic E-state index is 12.9. The normalized spacial score (nSPS) is 10.4. The smallest absolute Gasteiger partial charge is 0.266 e. The molecule has 1 aromatic carbocycles. The Balaban J connectivity index is 2.59. The van der Waals surface area contributed by atoms with E-state index in [4.69, 9.17) is 16.6 Å². The van der Waals surface area contributed by atoms with Crippen LogP contribution in [-0.2, 0) is 0 Å². The number of benzene rings is 1. The lowest BCUT2D eigenvalue weighted by atomic mass is 10.1. The van der Waals surface area contributed by atoms with Crippen LogP contribution in [0, 0.1) is 17.6 Å². The predicted octanol–water partition coefficient (Wildman–Crippen LogP) is 3.45. The van der Waals surface area contributed by atoms with E-state index in [2.05, 4.69) is 4.98 Å². The second-order valence-corrected chi connectivity index (χ2v) is 3.35. The van der Waals surface area contributed by atoms with Crippen molar-refractivity contribution in [3.8, 4) is 11.3 Å². The van der Waals surface area contributed by atoms with Gasteiger partial charge in [0.1, 0.15) is 5.82 Å². The van der Waals surface area contributed by atoms with Gasteiger partial charge in [0.2, 0.25) is 0 Å². The summed E-state index contributed by atoms with van der Waals surface area (Å²) < 4.78 is 18.2. The minimum Gasteiger partial charge on any atom is -0.429 e. The van der Waals surface area contributed by atoms with Crippen LogP contribution in [0.3, 0.4) is 0 Å². The Bertz CT molecular complexity index is 515. The van der Waals surface area contributed by atoms with Crippen molar-refractivity contribution in [2.24, 2.45) is 0 Å². The molecule has 0 bridgehead atoms. The van der Waals surface area contributed by atoms with Crippen LogP contribution in [0.2, 0.25) is 0 Å². The highest BCUT2D eigenvalue weighted by atomic mass is 32.1. The summed E-state index contributed by atoms with van der Waals surface area (Å²) in [5, 5.41) is 0. The number of nitrogens with one attached hydrogen (secondary N) is 1. The Hall–Kier alpha value is -1.42. The molecule has 72 valence electrons. The predicted molar refractivity (Wildman–Crippen MR) is 54.0 cm³/mol. The molecular weight excluding hydrogens is 201 g/mol. The van der Waals surface area contributed by atoms with E-state index in [1.807, 2.05) is 6.92 Å².